The molecule has 0 bridgehead atoms. The zero-order valence-corrected chi connectivity index (χ0v) is 16.0. The number of amides is 2. The summed E-state index contributed by atoms with van der Waals surface area (Å²) in [6, 6.07) is 3.59. The number of hydrogen-bond acceptors (Lipinski definition) is 7. The molecule has 150 valence electrons. The van der Waals surface area contributed by atoms with E-state index in [-0.39, 0.29) is 28.8 Å². The molecule has 1 aromatic heterocycles. The summed E-state index contributed by atoms with van der Waals surface area (Å²) in [5, 5.41) is 7.29. The number of hydrogen-bond donors (Lipinski definition) is 1. The van der Waals surface area contributed by atoms with Crippen molar-refractivity contribution in [3.8, 4) is 0 Å². The minimum Gasteiger partial charge on any atom is -0.341 e. The maximum absolute atomic E-state index is 12.8. The van der Waals surface area contributed by atoms with Crippen molar-refractivity contribution in [3.63, 3.8) is 0 Å². The monoisotopic (exact) mass is 407 g/mol. The molecule has 0 aliphatic carbocycles. The van der Waals surface area contributed by atoms with Crippen LogP contribution >= 0.6 is 0 Å². The van der Waals surface area contributed by atoms with Gasteiger partial charge in [-0.25, -0.2) is 13.0 Å². The molecular weight excluding hydrogens is 386 g/mol. The van der Waals surface area contributed by atoms with E-state index < -0.39 is 16.1 Å². The summed E-state index contributed by atoms with van der Waals surface area (Å²) in [6.45, 7) is 1.86. The standard InChI is InChI=1S/C17H21N5O5S/c23-15(21-8-1-2-9-21)11-22-10-4-6-13(17(22)24)20-28(25,26)14-7-3-5-12-16(14)19-27-18-12/h3,5,7,13,20H,1-2,4,6,8-11H2. The summed E-state index contributed by atoms with van der Waals surface area (Å²) in [5.74, 6) is -0.472. The summed E-state index contributed by atoms with van der Waals surface area (Å²) >= 11 is 0. The quantitative estimate of drug-likeness (QED) is 0.746. The van der Waals surface area contributed by atoms with E-state index in [1.807, 2.05) is 0 Å². The van der Waals surface area contributed by atoms with E-state index in [1.165, 1.54) is 17.0 Å². The molecule has 2 aliphatic heterocycles. The molecule has 1 unspecified atom stereocenters. The third kappa shape index (κ3) is 3.59. The van der Waals surface area contributed by atoms with Gasteiger partial charge in [0.1, 0.15) is 16.5 Å². The first kappa shape index (κ1) is 18.8. The minimum absolute atomic E-state index is 0.0140. The minimum atomic E-state index is -4.01. The number of carbonyl (C=O) groups excluding carboxylic acids is 2. The molecule has 2 fully saturated rings. The summed E-state index contributed by atoms with van der Waals surface area (Å²) in [7, 11) is -4.01. The van der Waals surface area contributed by atoms with Crippen molar-refractivity contribution in [1.29, 1.82) is 0 Å². The second-order valence-electron chi connectivity index (χ2n) is 7.05. The molecule has 0 spiro atoms. The molecule has 2 aromatic rings. The Labute approximate surface area is 161 Å². The van der Waals surface area contributed by atoms with Gasteiger partial charge in [0.2, 0.25) is 21.8 Å². The molecular formula is C17H21N5O5S. The van der Waals surface area contributed by atoms with Crippen LogP contribution in [0.1, 0.15) is 25.7 Å². The Bertz CT molecular complexity index is 998. The molecule has 0 radical (unpaired) electrons. The molecule has 10 nitrogen and oxygen atoms in total. The highest BCUT2D eigenvalue weighted by Crippen LogP contribution is 2.22. The normalized spacial score (nSPS) is 20.9. The molecule has 2 aliphatic rings. The van der Waals surface area contributed by atoms with Gasteiger partial charge in [-0.2, -0.15) is 4.72 Å². The van der Waals surface area contributed by atoms with Crippen LogP contribution in [0, 0.1) is 0 Å². The number of aromatic nitrogens is 2. The van der Waals surface area contributed by atoms with E-state index in [1.54, 1.807) is 11.0 Å². The number of nitrogens with zero attached hydrogens (tertiary/aromatic N) is 4. The third-order valence-corrected chi connectivity index (χ3v) is 6.65. The van der Waals surface area contributed by atoms with Crippen molar-refractivity contribution in [2.24, 2.45) is 0 Å². The summed E-state index contributed by atoms with van der Waals surface area (Å²) in [4.78, 5) is 28.2. The Kier molecular flexibility index (Phi) is 5.02. The van der Waals surface area contributed by atoms with Gasteiger partial charge in [-0.1, -0.05) is 6.07 Å². The average Bonchev–Trinajstić information content (AvgIpc) is 3.35. The Balaban J connectivity index is 1.48. The van der Waals surface area contributed by atoms with Crippen LogP contribution < -0.4 is 4.72 Å². The number of piperidine rings is 1. The third-order valence-electron chi connectivity index (χ3n) is 5.15. The molecule has 2 saturated heterocycles. The number of nitrogens with one attached hydrogen (secondary N) is 1. The second-order valence-corrected chi connectivity index (χ2v) is 8.73. The summed E-state index contributed by atoms with van der Waals surface area (Å²) < 4.78 is 32.7. The Morgan fingerprint density at radius 3 is 2.75 bits per heavy atom. The van der Waals surface area contributed by atoms with Crippen LogP contribution in [-0.4, -0.2) is 72.6 Å². The lowest BCUT2D eigenvalue weighted by Gasteiger charge is -2.33. The predicted octanol–water partition coefficient (Wildman–Crippen LogP) is 0.115. The van der Waals surface area contributed by atoms with Gasteiger partial charge in [-0.15, -0.1) is 0 Å². The van der Waals surface area contributed by atoms with Crippen LogP contribution in [0.2, 0.25) is 0 Å². The maximum atomic E-state index is 12.8. The summed E-state index contributed by atoms with van der Waals surface area (Å²) in [6.07, 6.45) is 2.94. The van der Waals surface area contributed by atoms with Gasteiger partial charge in [0.15, 0.2) is 5.52 Å². The van der Waals surface area contributed by atoms with Crippen LogP contribution in [0.5, 0.6) is 0 Å². The molecule has 1 atom stereocenters. The van der Waals surface area contributed by atoms with Gasteiger partial charge in [0.25, 0.3) is 0 Å². The number of rotatable bonds is 5. The SMILES string of the molecule is O=C(CN1CCCC(NS(=O)(=O)c2cccc3nonc23)C1=O)N1CCCC1. The van der Waals surface area contributed by atoms with Gasteiger partial charge in [-0.05, 0) is 48.1 Å². The number of likely N-dealkylation sites (tertiary alicyclic amines) is 2. The van der Waals surface area contributed by atoms with E-state index in [0.29, 0.717) is 38.0 Å². The number of benzene rings is 1. The van der Waals surface area contributed by atoms with E-state index in [0.717, 1.165) is 12.8 Å². The molecule has 1 aromatic carbocycles. The fraction of sp³-hybridized carbons (Fsp3) is 0.529. The van der Waals surface area contributed by atoms with Crippen molar-refractivity contribution in [3.05, 3.63) is 18.2 Å². The van der Waals surface area contributed by atoms with Crippen LogP contribution in [0.15, 0.2) is 27.7 Å². The zero-order valence-electron chi connectivity index (χ0n) is 15.2. The molecule has 11 heteroatoms. The van der Waals surface area contributed by atoms with E-state index in [2.05, 4.69) is 19.7 Å². The topological polar surface area (TPSA) is 126 Å². The lowest BCUT2D eigenvalue weighted by molar-refractivity contribution is -0.142. The van der Waals surface area contributed by atoms with Gasteiger partial charge >= 0.3 is 0 Å². The van der Waals surface area contributed by atoms with Gasteiger partial charge < -0.3 is 9.80 Å². The molecule has 28 heavy (non-hydrogen) atoms. The van der Waals surface area contributed by atoms with Crippen molar-refractivity contribution < 1.29 is 22.6 Å². The van der Waals surface area contributed by atoms with Crippen molar-refractivity contribution in [2.75, 3.05) is 26.2 Å². The van der Waals surface area contributed by atoms with Crippen LogP contribution in [-0.2, 0) is 19.6 Å². The van der Waals surface area contributed by atoms with E-state index >= 15 is 0 Å². The first-order valence-corrected chi connectivity index (χ1v) is 10.7. The Hall–Kier alpha value is -2.53. The number of fused-ring (bicyclic) bond motifs is 1. The zero-order chi connectivity index (χ0) is 19.7. The molecule has 3 heterocycles. The van der Waals surface area contributed by atoms with Gasteiger partial charge in [0.05, 0.1) is 6.54 Å². The van der Waals surface area contributed by atoms with Crippen molar-refractivity contribution in [1.82, 2.24) is 24.8 Å². The summed E-state index contributed by atoms with van der Waals surface area (Å²) in [5.41, 5.74) is 0.426. The van der Waals surface area contributed by atoms with Crippen LogP contribution in [0.4, 0.5) is 0 Å². The molecule has 4 rings (SSSR count). The van der Waals surface area contributed by atoms with Crippen LogP contribution in [0.3, 0.4) is 0 Å². The van der Waals surface area contributed by atoms with Crippen LogP contribution in [0.25, 0.3) is 11.0 Å². The second kappa shape index (κ2) is 7.47. The largest absolute Gasteiger partial charge is 0.341 e. The highest BCUT2D eigenvalue weighted by molar-refractivity contribution is 7.89. The maximum Gasteiger partial charge on any atom is 0.243 e. The Morgan fingerprint density at radius 2 is 1.96 bits per heavy atom. The highest BCUT2D eigenvalue weighted by Gasteiger charge is 2.35. The predicted molar refractivity (Wildman–Crippen MR) is 97.5 cm³/mol. The number of carbonyl (C=O) groups is 2. The molecule has 1 N–H and O–H groups in total. The van der Waals surface area contributed by atoms with Gasteiger partial charge in [0, 0.05) is 19.6 Å². The van der Waals surface area contributed by atoms with E-state index in [4.69, 9.17) is 0 Å². The molecule has 0 saturated carbocycles. The Morgan fingerprint density at radius 1 is 1.18 bits per heavy atom. The lowest BCUT2D eigenvalue weighted by Crippen LogP contribution is -2.54. The van der Waals surface area contributed by atoms with Crippen molar-refractivity contribution in [2.45, 2.75) is 36.6 Å². The fourth-order valence-electron chi connectivity index (χ4n) is 3.69. The highest BCUT2D eigenvalue weighted by atomic mass is 32.2. The van der Waals surface area contributed by atoms with Crippen molar-refractivity contribution >= 4 is 32.9 Å². The first-order chi connectivity index (χ1) is 13.5. The average molecular weight is 407 g/mol. The van der Waals surface area contributed by atoms with Gasteiger partial charge in [-0.3, -0.25) is 9.59 Å². The molecule has 2 amide bonds. The van der Waals surface area contributed by atoms with E-state index in [9.17, 15) is 18.0 Å². The smallest absolute Gasteiger partial charge is 0.243 e. The first-order valence-electron chi connectivity index (χ1n) is 9.26. The fourth-order valence-corrected chi connectivity index (χ4v) is 5.06. The number of sulfonamides is 1. The lowest BCUT2D eigenvalue weighted by atomic mass is 10.1.